The molecule has 1 amide bonds. The Morgan fingerprint density at radius 1 is 1.37 bits per heavy atom. The van der Waals surface area contributed by atoms with E-state index in [2.05, 4.69) is 0 Å². The fourth-order valence-electron chi connectivity index (χ4n) is 2.76. The molecule has 0 aromatic heterocycles. The predicted molar refractivity (Wildman–Crippen MR) is 71.7 cm³/mol. The highest BCUT2D eigenvalue weighted by atomic mass is 16.4. The molecule has 0 aliphatic carbocycles. The van der Waals surface area contributed by atoms with Crippen molar-refractivity contribution in [3.63, 3.8) is 0 Å². The number of carboxylic acid groups (broad SMARTS) is 1. The predicted octanol–water partition coefficient (Wildman–Crippen LogP) is 2.38. The third kappa shape index (κ3) is 2.62. The van der Waals surface area contributed by atoms with Gasteiger partial charge < -0.3 is 10.0 Å². The van der Waals surface area contributed by atoms with Crippen molar-refractivity contribution < 1.29 is 14.7 Å². The van der Waals surface area contributed by atoms with E-state index in [0.29, 0.717) is 19.4 Å². The first-order valence-electron chi connectivity index (χ1n) is 6.63. The summed E-state index contributed by atoms with van der Waals surface area (Å²) in [6, 6.07) is 7.43. The Kier molecular flexibility index (Phi) is 3.88. The van der Waals surface area contributed by atoms with Crippen molar-refractivity contribution in [3.8, 4) is 0 Å². The lowest BCUT2D eigenvalue weighted by Crippen LogP contribution is -2.45. The van der Waals surface area contributed by atoms with Gasteiger partial charge >= 0.3 is 5.97 Å². The normalized spacial score (nSPS) is 23.5. The maximum Gasteiger partial charge on any atom is 0.308 e. The van der Waals surface area contributed by atoms with Crippen LogP contribution in [-0.2, 0) is 9.59 Å². The van der Waals surface area contributed by atoms with Gasteiger partial charge in [0.15, 0.2) is 0 Å². The first-order chi connectivity index (χ1) is 9.04. The lowest BCUT2D eigenvalue weighted by Gasteiger charge is -2.39. The molecule has 0 spiro atoms. The van der Waals surface area contributed by atoms with Gasteiger partial charge in [-0.3, -0.25) is 9.59 Å². The number of hydrogen-bond donors (Lipinski definition) is 1. The minimum absolute atomic E-state index is 0.0468. The summed E-state index contributed by atoms with van der Waals surface area (Å²) in [5.74, 6) is -1.29. The van der Waals surface area contributed by atoms with E-state index < -0.39 is 11.9 Å². The average molecular weight is 261 g/mol. The molecule has 1 heterocycles. The van der Waals surface area contributed by atoms with Gasteiger partial charge in [0.25, 0.3) is 0 Å². The minimum atomic E-state index is -0.823. The number of rotatable bonds is 3. The van der Waals surface area contributed by atoms with Crippen LogP contribution in [0.1, 0.15) is 36.9 Å². The van der Waals surface area contributed by atoms with E-state index in [0.717, 1.165) is 11.1 Å². The average Bonchev–Trinajstić information content (AvgIpc) is 2.39. The summed E-state index contributed by atoms with van der Waals surface area (Å²) < 4.78 is 0. The molecule has 1 aliphatic rings. The third-order valence-electron chi connectivity index (χ3n) is 3.78. The molecule has 0 saturated carbocycles. The minimum Gasteiger partial charge on any atom is -0.481 e. The van der Waals surface area contributed by atoms with Crippen molar-refractivity contribution in [1.29, 1.82) is 0 Å². The monoisotopic (exact) mass is 261 g/mol. The van der Waals surface area contributed by atoms with Crippen molar-refractivity contribution >= 4 is 11.9 Å². The standard InChI is InChI=1S/C15H19NO3/c1-3-16-13(17)9-8-12(15(18)19)14(16)11-6-4-10(2)5-7-11/h4-7,12,14H,3,8-9H2,1-2H3,(H,18,19)/t12-,14+/m0/s1. The van der Waals surface area contributed by atoms with Crippen LogP contribution < -0.4 is 0 Å². The number of hydrogen-bond acceptors (Lipinski definition) is 2. The Labute approximate surface area is 113 Å². The van der Waals surface area contributed by atoms with E-state index in [1.54, 1.807) is 4.90 Å². The third-order valence-corrected chi connectivity index (χ3v) is 3.78. The Morgan fingerprint density at radius 3 is 2.53 bits per heavy atom. The molecule has 1 aromatic rings. The van der Waals surface area contributed by atoms with Gasteiger partial charge in [0.2, 0.25) is 5.91 Å². The Morgan fingerprint density at radius 2 is 2.00 bits per heavy atom. The topological polar surface area (TPSA) is 57.6 Å². The van der Waals surface area contributed by atoms with E-state index in [-0.39, 0.29) is 11.9 Å². The van der Waals surface area contributed by atoms with Gasteiger partial charge in [-0.05, 0) is 25.8 Å². The van der Waals surface area contributed by atoms with Gasteiger partial charge in [-0.2, -0.15) is 0 Å². The number of benzene rings is 1. The zero-order valence-corrected chi connectivity index (χ0v) is 11.3. The van der Waals surface area contributed by atoms with Crippen LogP contribution in [0.4, 0.5) is 0 Å². The fraction of sp³-hybridized carbons (Fsp3) is 0.467. The molecule has 1 fully saturated rings. The van der Waals surface area contributed by atoms with Crippen LogP contribution >= 0.6 is 0 Å². The van der Waals surface area contributed by atoms with Gasteiger partial charge in [-0.15, -0.1) is 0 Å². The SMILES string of the molecule is CCN1C(=O)CC[C@H](C(=O)O)[C@H]1c1ccc(C)cc1. The van der Waals surface area contributed by atoms with Gasteiger partial charge in [0.1, 0.15) is 0 Å². The smallest absolute Gasteiger partial charge is 0.308 e. The summed E-state index contributed by atoms with van der Waals surface area (Å²) >= 11 is 0. The van der Waals surface area contributed by atoms with E-state index in [9.17, 15) is 14.7 Å². The van der Waals surface area contributed by atoms with Crippen molar-refractivity contribution in [2.24, 2.45) is 5.92 Å². The van der Waals surface area contributed by atoms with E-state index in [4.69, 9.17) is 0 Å². The summed E-state index contributed by atoms with van der Waals surface area (Å²) in [7, 11) is 0. The molecule has 19 heavy (non-hydrogen) atoms. The molecule has 1 N–H and O–H groups in total. The Balaban J connectivity index is 2.40. The van der Waals surface area contributed by atoms with Crippen molar-refractivity contribution in [1.82, 2.24) is 4.90 Å². The summed E-state index contributed by atoms with van der Waals surface area (Å²) in [5.41, 5.74) is 2.04. The number of amides is 1. The zero-order chi connectivity index (χ0) is 14.0. The summed E-state index contributed by atoms with van der Waals surface area (Å²) in [6.45, 7) is 4.42. The quantitative estimate of drug-likeness (QED) is 0.908. The van der Waals surface area contributed by atoms with Crippen LogP contribution in [0.15, 0.2) is 24.3 Å². The van der Waals surface area contributed by atoms with Crippen LogP contribution in [0, 0.1) is 12.8 Å². The number of carbonyl (C=O) groups is 2. The molecule has 4 heteroatoms. The molecule has 2 atom stereocenters. The fourth-order valence-corrected chi connectivity index (χ4v) is 2.76. The van der Waals surface area contributed by atoms with E-state index >= 15 is 0 Å². The Bertz CT molecular complexity index is 479. The molecular weight excluding hydrogens is 242 g/mol. The highest BCUT2D eigenvalue weighted by Gasteiger charge is 2.39. The van der Waals surface area contributed by atoms with Crippen molar-refractivity contribution in [2.75, 3.05) is 6.54 Å². The number of carboxylic acids is 1. The van der Waals surface area contributed by atoms with Crippen molar-refractivity contribution in [2.45, 2.75) is 32.7 Å². The number of likely N-dealkylation sites (tertiary alicyclic amines) is 1. The molecule has 0 bridgehead atoms. The lowest BCUT2D eigenvalue weighted by atomic mass is 9.84. The molecule has 4 nitrogen and oxygen atoms in total. The van der Waals surface area contributed by atoms with Crippen LogP contribution in [0.3, 0.4) is 0 Å². The van der Waals surface area contributed by atoms with Gasteiger partial charge in [-0.25, -0.2) is 0 Å². The number of nitrogens with zero attached hydrogens (tertiary/aromatic N) is 1. The molecule has 1 aliphatic heterocycles. The van der Waals surface area contributed by atoms with Gasteiger partial charge in [-0.1, -0.05) is 29.8 Å². The van der Waals surface area contributed by atoms with Gasteiger partial charge in [0.05, 0.1) is 12.0 Å². The second-order valence-electron chi connectivity index (χ2n) is 5.02. The van der Waals surface area contributed by atoms with Crippen LogP contribution in [0.2, 0.25) is 0 Å². The molecule has 0 radical (unpaired) electrons. The highest BCUT2D eigenvalue weighted by molar-refractivity contribution is 5.81. The number of aliphatic carboxylic acids is 1. The first kappa shape index (κ1) is 13.6. The van der Waals surface area contributed by atoms with E-state index in [1.165, 1.54) is 0 Å². The molecule has 2 rings (SSSR count). The maximum atomic E-state index is 12.0. The summed E-state index contributed by atoms with van der Waals surface area (Å²) in [5, 5.41) is 9.39. The highest BCUT2D eigenvalue weighted by Crippen LogP contribution is 2.36. The molecule has 1 aromatic carbocycles. The second kappa shape index (κ2) is 5.43. The molecule has 0 unspecified atom stereocenters. The lowest BCUT2D eigenvalue weighted by molar-refractivity contribution is -0.151. The maximum absolute atomic E-state index is 12.0. The van der Waals surface area contributed by atoms with Crippen LogP contribution in [-0.4, -0.2) is 28.4 Å². The molecule has 102 valence electrons. The largest absolute Gasteiger partial charge is 0.481 e. The summed E-state index contributed by atoms with van der Waals surface area (Å²) in [6.07, 6.45) is 0.746. The van der Waals surface area contributed by atoms with E-state index in [1.807, 2.05) is 38.1 Å². The van der Waals surface area contributed by atoms with Gasteiger partial charge in [0, 0.05) is 13.0 Å². The first-order valence-corrected chi connectivity index (χ1v) is 6.63. The zero-order valence-electron chi connectivity index (χ0n) is 11.3. The van der Waals surface area contributed by atoms with Crippen LogP contribution in [0.25, 0.3) is 0 Å². The molecular formula is C15H19NO3. The number of aryl methyl sites for hydroxylation is 1. The number of carbonyl (C=O) groups excluding carboxylic acids is 1. The molecule has 1 saturated heterocycles. The number of piperidine rings is 1. The Hall–Kier alpha value is -1.84. The van der Waals surface area contributed by atoms with Crippen LogP contribution in [0.5, 0.6) is 0 Å². The second-order valence-corrected chi connectivity index (χ2v) is 5.02. The van der Waals surface area contributed by atoms with Crippen molar-refractivity contribution in [3.05, 3.63) is 35.4 Å². The summed E-state index contributed by atoms with van der Waals surface area (Å²) in [4.78, 5) is 25.1.